The number of ether oxygens (including phenoxy) is 1. The van der Waals surface area contributed by atoms with E-state index in [1.54, 1.807) is 0 Å². The number of para-hydroxylation sites is 1. The maximum absolute atomic E-state index is 10.7. The molecule has 0 bridgehead atoms. The van der Waals surface area contributed by atoms with E-state index in [1.807, 2.05) is 25.1 Å². The van der Waals surface area contributed by atoms with Crippen LogP contribution in [0.2, 0.25) is 0 Å². The molecule has 1 atom stereocenters. The SMILES string of the molecule is CCOc1ccccc1C(C)NCC1(O)CCCCCC1. The summed E-state index contributed by atoms with van der Waals surface area (Å²) in [5.74, 6) is 0.938. The number of hydrogen-bond acceptors (Lipinski definition) is 3. The van der Waals surface area contributed by atoms with Crippen molar-refractivity contribution in [2.24, 2.45) is 0 Å². The van der Waals surface area contributed by atoms with Gasteiger partial charge >= 0.3 is 0 Å². The Hall–Kier alpha value is -1.06. The first-order valence-corrected chi connectivity index (χ1v) is 8.32. The Kier molecular flexibility index (Phi) is 6.07. The van der Waals surface area contributed by atoms with Crippen LogP contribution in [0.4, 0.5) is 0 Å². The molecule has 3 heteroatoms. The van der Waals surface area contributed by atoms with E-state index in [2.05, 4.69) is 18.3 Å². The fourth-order valence-corrected chi connectivity index (χ4v) is 3.14. The van der Waals surface area contributed by atoms with E-state index in [1.165, 1.54) is 12.8 Å². The smallest absolute Gasteiger partial charge is 0.124 e. The van der Waals surface area contributed by atoms with E-state index in [9.17, 15) is 5.11 Å². The average molecular weight is 291 g/mol. The highest BCUT2D eigenvalue weighted by molar-refractivity contribution is 5.35. The zero-order chi connectivity index (χ0) is 15.1. The normalized spacial score (nSPS) is 19.8. The van der Waals surface area contributed by atoms with Crippen LogP contribution < -0.4 is 10.1 Å². The molecule has 0 radical (unpaired) electrons. The Morgan fingerprint density at radius 3 is 2.52 bits per heavy atom. The Labute approximate surface area is 128 Å². The molecule has 21 heavy (non-hydrogen) atoms. The summed E-state index contributed by atoms with van der Waals surface area (Å²) in [4.78, 5) is 0. The monoisotopic (exact) mass is 291 g/mol. The van der Waals surface area contributed by atoms with Crippen molar-refractivity contribution in [1.82, 2.24) is 5.32 Å². The highest BCUT2D eigenvalue weighted by atomic mass is 16.5. The third-order valence-electron chi connectivity index (χ3n) is 4.46. The van der Waals surface area contributed by atoms with Crippen molar-refractivity contribution in [2.45, 2.75) is 64.0 Å². The van der Waals surface area contributed by atoms with E-state index in [0.29, 0.717) is 13.2 Å². The quantitative estimate of drug-likeness (QED) is 0.783. The van der Waals surface area contributed by atoms with Gasteiger partial charge in [-0.2, -0.15) is 0 Å². The van der Waals surface area contributed by atoms with Crippen LogP contribution in [0.1, 0.15) is 64.0 Å². The molecule has 2 N–H and O–H groups in total. The molecule has 118 valence electrons. The number of aliphatic hydroxyl groups is 1. The van der Waals surface area contributed by atoms with Gasteiger partial charge in [-0.1, -0.05) is 43.9 Å². The largest absolute Gasteiger partial charge is 0.494 e. The molecule has 0 amide bonds. The first-order valence-electron chi connectivity index (χ1n) is 8.32. The molecule has 3 nitrogen and oxygen atoms in total. The lowest BCUT2D eigenvalue weighted by Crippen LogP contribution is -2.41. The van der Waals surface area contributed by atoms with Crippen molar-refractivity contribution in [3.8, 4) is 5.75 Å². The van der Waals surface area contributed by atoms with Gasteiger partial charge in [0.15, 0.2) is 0 Å². The van der Waals surface area contributed by atoms with Gasteiger partial charge in [-0.25, -0.2) is 0 Å². The van der Waals surface area contributed by atoms with Gasteiger partial charge in [-0.3, -0.25) is 0 Å². The van der Waals surface area contributed by atoms with E-state index in [4.69, 9.17) is 4.74 Å². The van der Waals surface area contributed by atoms with Gasteiger partial charge in [0.2, 0.25) is 0 Å². The zero-order valence-electron chi connectivity index (χ0n) is 13.4. The van der Waals surface area contributed by atoms with Gasteiger partial charge in [0.05, 0.1) is 12.2 Å². The fraction of sp³-hybridized carbons (Fsp3) is 0.667. The van der Waals surface area contributed by atoms with Gasteiger partial charge in [-0.15, -0.1) is 0 Å². The highest BCUT2D eigenvalue weighted by Crippen LogP contribution is 2.29. The highest BCUT2D eigenvalue weighted by Gasteiger charge is 2.28. The summed E-state index contributed by atoms with van der Waals surface area (Å²) < 4.78 is 5.69. The Morgan fingerprint density at radius 1 is 1.19 bits per heavy atom. The zero-order valence-corrected chi connectivity index (χ0v) is 13.4. The van der Waals surface area contributed by atoms with Crippen LogP contribution in [0.25, 0.3) is 0 Å². The molecular weight excluding hydrogens is 262 g/mol. The van der Waals surface area contributed by atoms with Crippen LogP contribution in [-0.2, 0) is 0 Å². The van der Waals surface area contributed by atoms with Crippen LogP contribution in [-0.4, -0.2) is 23.9 Å². The van der Waals surface area contributed by atoms with Crippen molar-refractivity contribution >= 4 is 0 Å². The maximum atomic E-state index is 10.7. The minimum atomic E-state index is -0.536. The number of nitrogens with one attached hydrogen (secondary N) is 1. The standard InChI is InChI=1S/C18H29NO2/c1-3-21-17-11-7-6-10-16(17)15(2)19-14-18(20)12-8-4-5-9-13-18/h6-7,10-11,15,19-20H,3-5,8-9,12-14H2,1-2H3. The number of rotatable bonds is 6. The molecule has 2 rings (SSSR count). The second kappa shape index (κ2) is 7.81. The fourth-order valence-electron chi connectivity index (χ4n) is 3.14. The summed E-state index contributed by atoms with van der Waals surface area (Å²) in [6.45, 7) is 5.48. The maximum Gasteiger partial charge on any atom is 0.124 e. The first kappa shape index (κ1) is 16.3. The second-order valence-corrected chi connectivity index (χ2v) is 6.21. The Bertz CT molecular complexity index is 425. The number of hydrogen-bond donors (Lipinski definition) is 2. The van der Waals surface area contributed by atoms with Crippen molar-refractivity contribution in [2.75, 3.05) is 13.2 Å². The van der Waals surface area contributed by atoms with Crippen LogP contribution >= 0.6 is 0 Å². The van der Waals surface area contributed by atoms with Crippen LogP contribution in [0.5, 0.6) is 5.75 Å². The summed E-state index contributed by atoms with van der Waals surface area (Å²) in [6.07, 6.45) is 6.62. The lowest BCUT2D eigenvalue weighted by Gasteiger charge is -2.29. The lowest BCUT2D eigenvalue weighted by molar-refractivity contribution is 0.0231. The molecular formula is C18H29NO2. The van der Waals surface area contributed by atoms with Crippen molar-refractivity contribution in [3.05, 3.63) is 29.8 Å². The van der Waals surface area contributed by atoms with Gasteiger partial charge in [0, 0.05) is 18.2 Å². The average Bonchev–Trinajstić information content (AvgIpc) is 2.71. The third-order valence-corrected chi connectivity index (χ3v) is 4.46. The van der Waals surface area contributed by atoms with Gasteiger partial charge in [-0.05, 0) is 32.8 Å². The van der Waals surface area contributed by atoms with E-state index in [0.717, 1.165) is 37.0 Å². The van der Waals surface area contributed by atoms with Crippen molar-refractivity contribution in [3.63, 3.8) is 0 Å². The molecule has 1 aliphatic rings. The molecule has 0 heterocycles. The summed E-state index contributed by atoms with van der Waals surface area (Å²) in [6, 6.07) is 8.33. The predicted octanol–water partition coefficient (Wildman–Crippen LogP) is 3.82. The van der Waals surface area contributed by atoms with Gasteiger partial charge in [0.1, 0.15) is 5.75 Å². The van der Waals surface area contributed by atoms with E-state index < -0.39 is 5.60 Å². The summed E-state index contributed by atoms with van der Waals surface area (Å²) in [5, 5.41) is 14.2. The molecule has 1 aliphatic carbocycles. The summed E-state index contributed by atoms with van der Waals surface area (Å²) >= 11 is 0. The van der Waals surface area contributed by atoms with Gasteiger partial charge in [0.25, 0.3) is 0 Å². The Balaban J connectivity index is 1.96. The third kappa shape index (κ3) is 4.72. The Morgan fingerprint density at radius 2 is 1.86 bits per heavy atom. The minimum absolute atomic E-state index is 0.181. The van der Waals surface area contributed by atoms with Crippen molar-refractivity contribution < 1.29 is 9.84 Å². The van der Waals surface area contributed by atoms with Crippen molar-refractivity contribution in [1.29, 1.82) is 0 Å². The van der Waals surface area contributed by atoms with Crippen LogP contribution in [0, 0.1) is 0 Å². The molecule has 0 aromatic heterocycles. The minimum Gasteiger partial charge on any atom is -0.494 e. The van der Waals surface area contributed by atoms with Gasteiger partial charge < -0.3 is 15.2 Å². The lowest BCUT2D eigenvalue weighted by atomic mass is 9.94. The summed E-state index contributed by atoms with van der Waals surface area (Å²) in [7, 11) is 0. The molecule has 1 saturated carbocycles. The first-order chi connectivity index (χ1) is 10.1. The second-order valence-electron chi connectivity index (χ2n) is 6.21. The number of benzene rings is 1. The topological polar surface area (TPSA) is 41.5 Å². The van der Waals surface area contributed by atoms with Crippen LogP contribution in [0.3, 0.4) is 0 Å². The van der Waals surface area contributed by atoms with Crippen LogP contribution in [0.15, 0.2) is 24.3 Å². The summed E-state index contributed by atoms with van der Waals surface area (Å²) in [5.41, 5.74) is 0.627. The van der Waals surface area contributed by atoms with E-state index >= 15 is 0 Å². The molecule has 0 aliphatic heterocycles. The van der Waals surface area contributed by atoms with E-state index in [-0.39, 0.29) is 6.04 Å². The molecule has 0 saturated heterocycles. The molecule has 1 aromatic rings. The molecule has 1 aromatic carbocycles. The molecule has 1 fully saturated rings. The predicted molar refractivity (Wildman–Crippen MR) is 86.7 cm³/mol. The molecule has 0 spiro atoms. The molecule has 1 unspecified atom stereocenters.